The molecule has 0 amide bonds. The van der Waals surface area contributed by atoms with Crippen molar-refractivity contribution in [3.8, 4) is 12.1 Å². The Labute approximate surface area is 87.8 Å². The van der Waals surface area contributed by atoms with E-state index in [1.54, 1.807) is 6.92 Å². The van der Waals surface area contributed by atoms with E-state index in [1.807, 2.05) is 12.1 Å². The van der Waals surface area contributed by atoms with Crippen molar-refractivity contribution >= 4 is 5.69 Å². The number of nitriles is 2. The average molecular weight is 203 g/mol. The fourth-order valence-electron chi connectivity index (χ4n) is 1.04. The molecule has 0 aliphatic rings. The van der Waals surface area contributed by atoms with E-state index in [9.17, 15) is 4.39 Å². The molecular formula is C11H10FN3. The molecule has 0 fully saturated rings. The summed E-state index contributed by atoms with van der Waals surface area (Å²) < 4.78 is 13.3. The topological polar surface area (TPSA) is 59.6 Å². The molecule has 4 heteroatoms. The average Bonchev–Trinajstić information content (AvgIpc) is 2.26. The molecule has 3 nitrogen and oxygen atoms in total. The van der Waals surface area contributed by atoms with Gasteiger partial charge in [0, 0.05) is 6.54 Å². The predicted octanol–water partition coefficient (Wildman–Crippen LogP) is 2.27. The summed E-state index contributed by atoms with van der Waals surface area (Å²) in [6.45, 7) is 2.13. The third-order valence-corrected chi connectivity index (χ3v) is 1.92. The summed E-state index contributed by atoms with van der Waals surface area (Å²) in [5.41, 5.74) is 0.600. The van der Waals surface area contributed by atoms with Gasteiger partial charge in [0.15, 0.2) is 0 Å². The minimum absolute atomic E-state index is 0.181. The van der Waals surface area contributed by atoms with Gasteiger partial charge < -0.3 is 5.32 Å². The molecule has 0 saturated carbocycles. The minimum Gasteiger partial charge on any atom is -0.381 e. The van der Waals surface area contributed by atoms with Crippen molar-refractivity contribution < 1.29 is 4.39 Å². The molecule has 0 spiro atoms. The Kier molecular flexibility index (Phi) is 3.65. The summed E-state index contributed by atoms with van der Waals surface area (Å²) in [5, 5.41) is 19.9. The second-order valence-corrected chi connectivity index (χ2v) is 3.22. The van der Waals surface area contributed by atoms with Crippen molar-refractivity contribution in [2.24, 2.45) is 5.92 Å². The van der Waals surface area contributed by atoms with Crippen LogP contribution in [0, 0.1) is 34.4 Å². The maximum Gasteiger partial charge on any atom is 0.147 e. The highest BCUT2D eigenvalue weighted by atomic mass is 19.1. The van der Waals surface area contributed by atoms with Gasteiger partial charge in [0.1, 0.15) is 5.82 Å². The zero-order valence-corrected chi connectivity index (χ0v) is 8.29. The van der Waals surface area contributed by atoms with Crippen LogP contribution in [0.4, 0.5) is 10.1 Å². The van der Waals surface area contributed by atoms with Crippen molar-refractivity contribution in [3.05, 3.63) is 29.6 Å². The van der Waals surface area contributed by atoms with Crippen LogP contribution in [0.1, 0.15) is 12.5 Å². The van der Waals surface area contributed by atoms with Crippen LogP contribution in [0.15, 0.2) is 18.2 Å². The summed E-state index contributed by atoms with van der Waals surface area (Å²) in [6, 6.07) is 8.09. The van der Waals surface area contributed by atoms with Gasteiger partial charge in [0.25, 0.3) is 0 Å². The van der Waals surface area contributed by atoms with Crippen LogP contribution in [0.2, 0.25) is 0 Å². The molecule has 76 valence electrons. The van der Waals surface area contributed by atoms with Gasteiger partial charge >= 0.3 is 0 Å². The number of anilines is 1. The number of rotatable bonds is 3. The number of hydrogen-bond acceptors (Lipinski definition) is 3. The van der Waals surface area contributed by atoms with Gasteiger partial charge in [-0.1, -0.05) is 0 Å². The van der Waals surface area contributed by atoms with Gasteiger partial charge in [-0.3, -0.25) is 0 Å². The van der Waals surface area contributed by atoms with Crippen LogP contribution in [0.3, 0.4) is 0 Å². The second-order valence-electron chi connectivity index (χ2n) is 3.22. The molecule has 1 aromatic rings. The number of halogens is 1. The molecule has 1 aromatic carbocycles. The fourth-order valence-corrected chi connectivity index (χ4v) is 1.04. The number of nitrogens with one attached hydrogen (secondary N) is 1. The lowest BCUT2D eigenvalue weighted by Gasteiger charge is -2.08. The first-order chi connectivity index (χ1) is 7.17. The maximum absolute atomic E-state index is 13.3. The first-order valence-electron chi connectivity index (χ1n) is 4.50. The quantitative estimate of drug-likeness (QED) is 0.819. The van der Waals surface area contributed by atoms with Crippen molar-refractivity contribution in [1.29, 1.82) is 10.5 Å². The van der Waals surface area contributed by atoms with Crippen LogP contribution in [0.5, 0.6) is 0 Å². The van der Waals surface area contributed by atoms with Crippen molar-refractivity contribution in [1.82, 2.24) is 0 Å². The smallest absolute Gasteiger partial charge is 0.147 e. The summed E-state index contributed by atoms with van der Waals surface area (Å²) in [7, 11) is 0. The van der Waals surface area contributed by atoms with Crippen molar-refractivity contribution in [2.45, 2.75) is 6.92 Å². The number of nitrogens with zero attached hydrogens (tertiary/aromatic N) is 2. The Morgan fingerprint density at radius 2 is 2.20 bits per heavy atom. The Morgan fingerprint density at radius 1 is 1.47 bits per heavy atom. The van der Waals surface area contributed by atoms with Gasteiger partial charge in [0.05, 0.1) is 29.3 Å². The summed E-state index contributed by atoms with van der Waals surface area (Å²) >= 11 is 0. The van der Waals surface area contributed by atoms with E-state index < -0.39 is 5.82 Å². The molecule has 1 rings (SSSR count). The lowest BCUT2D eigenvalue weighted by Crippen LogP contribution is -2.10. The molecule has 1 atom stereocenters. The van der Waals surface area contributed by atoms with E-state index in [-0.39, 0.29) is 11.5 Å². The Morgan fingerprint density at radius 3 is 2.73 bits per heavy atom. The highest BCUT2D eigenvalue weighted by molar-refractivity contribution is 5.48. The molecule has 0 heterocycles. The minimum atomic E-state index is -0.473. The van der Waals surface area contributed by atoms with E-state index in [1.165, 1.54) is 18.2 Å². The Hall–Kier alpha value is -2.07. The standard InChI is InChI=1S/C11H10FN3/c1-8(5-13)7-15-11-3-2-9(6-14)4-10(11)12/h2-4,8,15H,7H2,1H3. The molecule has 1 N–H and O–H groups in total. The highest BCUT2D eigenvalue weighted by Gasteiger charge is 2.04. The zero-order valence-electron chi connectivity index (χ0n) is 8.29. The van der Waals surface area contributed by atoms with E-state index in [0.29, 0.717) is 12.2 Å². The van der Waals surface area contributed by atoms with Crippen LogP contribution in [-0.2, 0) is 0 Å². The summed E-state index contributed by atoms with van der Waals surface area (Å²) in [4.78, 5) is 0. The molecule has 0 aliphatic carbocycles. The van der Waals surface area contributed by atoms with E-state index in [2.05, 4.69) is 5.32 Å². The van der Waals surface area contributed by atoms with E-state index >= 15 is 0 Å². The SMILES string of the molecule is CC(C#N)CNc1ccc(C#N)cc1F. The van der Waals surface area contributed by atoms with Gasteiger partial charge in [-0.05, 0) is 25.1 Å². The number of benzene rings is 1. The maximum atomic E-state index is 13.3. The molecule has 0 aromatic heterocycles. The van der Waals surface area contributed by atoms with Crippen molar-refractivity contribution in [2.75, 3.05) is 11.9 Å². The fraction of sp³-hybridized carbons (Fsp3) is 0.273. The molecular weight excluding hydrogens is 193 g/mol. The molecule has 0 bridgehead atoms. The Bertz CT molecular complexity index is 428. The van der Waals surface area contributed by atoms with Crippen LogP contribution >= 0.6 is 0 Å². The van der Waals surface area contributed by atoms with Gasteiger partial charge in [0.2, 0.25) is 0 Å². The first kappa shape index (κ1) is 11.0. The monoisotopic (exact) mass is 203 g/mol. The lowest BCUT2D eigenvalue weighted by molar-refractivity contribution is 0.627. The largest absolute Gasteiger partial charge is 0.381 e. The zero-order chi connectivity index (χ0) is 11.3. The van der Waals surface area contributed by atoms with Crippen LogP contribution in [-0.4, -0.2) is 6.54 Å². The van der Waals surface area contributed by atoms with Crippen LogP contribution < -0.4 is 5.32 Å². The Balaban J connectivity index is 2.72. The van der Waals surface area contributed by atoms with Gasteiger partial charge in [-0.2, -0.15) is 10.5 Å². The third kappa shape index (κ3) is 2.96. The van der Waals surface area contributed by atoms with Crippen LogP contribution in [0.25, 0.3) is 0 Å². The van der Waals surface area contributed by atoms with Crippen molar-refractivity contribution in [3.63, 3.8) is 0 Å². The molecule has 15 heavy (non-hydrogen) atoms. The molecule has 0 radical (unpaired) electrons. The molecule has 0 aliphatic heterocycles. The predicted molar refractivity (Wildman–Crippen MR) is 54.4 cm³/mol. The summed E-state index contributed by atoms with van der Waals surface area (Å²) in [5.74, 6) is -0.653. The lowest BCUT2D eigenvalue weighted by atomic mass is 10.2. The third-order valence-electron chi connectivity index (χ3n) is 1.92. The molecule has 0 saturated heterocycles. The normalized spacial score (nSPS) is 11.2. The first-order valence-corrected chi connectivity index (χ1v) is 4.50. The van der Waals surface area contributed by atoms with E-state index in [4.69, 9.17) is 10.5 Å². The van der Waals surface area contributed by atoms with E-state index in [0.717, 1.165) is 0 Å². The highest BCUT2D eigenvalue weighted by Crippen LogP contribution is 2.15. The molecule has 1 unspecified atom stereocenters. The van der Waals surface area contributed by atoms with Gasteiger partial charge in [-0.25, -0.2) is 4.39 Å². The van der Waals surface area contributed by atoms with Gasteiger partial charge in [-0.15, -0.1) is 0 Å². The summed E-state index contributed by atoms with van der Waals surface area (Å²) in [6.07, 6.45) is 0. The second kappa shape index (κ2) is 4.97. The number of hydrogen-bond donors (Lipinski definition) is 1.